The van der Waals surface area contributed by atoms with Crippen LogP contribution in [0.15, 0.2) is 18.2 Å². The Kier molecular flexibility index (Phi) is 3.68. The van der Waals surface area contributed by atoms with Crippen LogP contribution in [0, 0.1) is 6.92 Å². The molecule has 0 aliphatic heterocycles. The first kappa shape index (κ1) is 11.5. The molecule has 4 heteroatoms. The van der Waals surface area contributed by atoms with Crippen LogP contribution < -0.4 is 11.1 Å². The van der Waals surface area contributed by atoms with Gasteiger partial charge in [0, 0.05) is 23.7 Å². The topological polar surface area (TPSA) is 75.3 Å². The van der Waals surface area contributed by atoms with E-state index in [9.17, 15) is 9.90 Å². The van der Waals surface area contributed by atoms with Crippen LogP contribution >= 0.6 is 0 Å². The first-order valence-electron chi connectivity index (χ1n) is 4.84. The van der Waals surface area contributed by atoms with Gasteiger partial charge < -0.3 is 16.2 Å². The van der Waals surface area contributed by atoms with Crippen LogP contribution in [0.25, 0.3) is 0 Å². The molecule has 82 valence electrons. The number of benzene rings is 1. The summed E-state index contributed by atoms with van der Waals surface area (Å²) in [5.41, 5.74) is 6.59. The highest BCUT2D eigenvalue weighted by Gasteiger charge is 2.10. The molecule has 1 unspecified atom stereocenters. The maximum atomic E-state index is 11.6. The summed E-state index contributed by atoms with van der Waals surface area (Å²) in [6.07, 6.45) is 0. The van der Waals surface area contributed by atoms with Crippen LogP contribution in [0.1, 0.15) is 22.8 Å². The SMILES string of the molecule is Cc1c(O)cccc1C(=O)NCC(C)N. The van der Waals surface area contributed by atoms with Crippen molar-refractivity contribution >= 4 is 5.91 Å². The number of aromatic hydroxyl groups is 1. The van der Waals surface area contributed by atoms with Gasteiger partial charge in [-0.15, -0.1) is 0 Å². The van der Waals surface area contributed by atoms with E-state index in [1.807, 2.05) is 6.92 Å². The molecule has 15 heavy (non-hydrogen) atoms. The summed E-state index contributed by atoms with van der Waals surface area (Å²) >= 11 is 0. The van der Waals surface area contributed by atoms with Gasteiger partial charge >= 0.3 is 0 Å². The molecule has 0 saturated carbocycles. The molecule has 4 nitrogen and oxygen atoms in total. The Morgan fingerprint density at radius 3 is 2.87 bits per heavy atom. The Morgan fingerprint density at radius 2 is 2.27 bits per heavy atom. The van der Waals surface area contributed by atoms with E-state index in [4.69, 9.17) is 5.73 Å². The van der Waals surface area contributed by atoms with E-state index in [1.165, 1.54) is 0 Å². The second-order valence-electron chi connectivity index (χ2n) is 3.64. The van der Waals surface area contributed by atoms with Crippen LogP contribution in [-0.4, -0.2) is 23.6 Å². The van der Waals surface area contributed by atoms with Gasteiger partial charge in [0.2, 0.25) is 0 Å². The highest BCUT2D eigenvalue weighted by molar-refractivity contribution is 5.96. The summed E-state index contributed by atoms with van der Waals surface area (Å²) in [5.74, 6) is -0.0795. The lowest BCUT2D eigenvalue weighted by Gasteiger charge is -2.10. The number of rotatable bonds is 3. The Balaban J connectivity index is 2.78. The Labute approximate surface area is 89.1 Å². The van der Waals surface area contributed by atoms with Gasteiger partial charge in [-0.25, -0.2) is 0 Å². The van der Waals surface area contributed by atoms with Gasteiger partial charge in [0.15, 0.2) is 0 Å². The average molecular weight is 208 g/mol. The highest BCUT2D eigenvalue weighted by atomic mass is 16.3. The number of hydrogen-bond donors (Lipinski definition) is 3. The van der Waals surface area contributed by atoms with E-state index in [0.717, 1.165) is 0 Å². The van der Waals surface area contributed by atoms with Crippen molar-refractivity contribution in [3.63, 3.8) is 0 Å². The van der Waals surface area contributed by atoms with E-state index in [0.29, 0.717) is 17.7 Å². The lowest BCUT2D eigenvalue weighted by molar-refractivity contribution is 0.0950. The molecule has 1 amide bonds. The Bertz CT molecular complexity index is 362. The molecule has 0 aliphatic carbocycles. The van der Waals surface area contributed by atoms with Crippen LogP contribution in [-0.2, 0) is 0 Å². The van der Waals surface area contributed by atoms with Crippen molar-refractivity contribution in [1.29, 1.82) is 0 Å². The van der Waals surface area contributed by atoms with Crippen molar-refractivity contribution in [1.82, 2.24) is 5.32 Å². The molecular formula is C11H16N2O2. The third-order valence-corrected chi connectivity index (χ3v) is 2.13. The fourth-order valence-electron chi connectivity index (χ4n) is 1.22. The lowest BCUT2D eigenvalue weighted by Crippen LogP contribution is -2.35. The predicted octanol–water partition coefficient (Wildman–Crippen LogP) is 0.778. The molecule has 0 heterocycles. The number of amides is 1. The fraction of sp³-hybridized carbons (Fsp3) is 0.364. The minimum absolute atomic E-state index is 0.0773. The minimum atomic E-state index is -0.208. The molecule has 0 aliphatic rings. The Hall–Kier alpha value is -1.55. The first-order valence-corrected chi connectivity index (χ1v) is 4.84. The van der Waals surface area contributed by atoms with E-state index in [2.05, 4.69) is 5.32 Å². The first-order chi connectivity index (χ1) is 7.02. The molecule has 0 aromatic heterocycles. The maximum absolute atomic E-state index is 11.6. The largest absolute Gasteiger partial charge is 0.508 e. The maximum Gasteiger partial charge on any atom is 0.251 e. The molecular weight excluding hydrogens is 192 g/mol. The molecule has 1 aromatic carbocycles. The molecule has 1 atom stereocenters. The van der Waals surface area contributed by atoms with Crippen molar-refractivity contribution < 1.29 is 9.90 Å². The third kappa shape index (κ3) is 2.95. The highest BCUT2D eigenvalue weighted by Crippen LogP contribution is 2.19. The lowest BCUT2D eigenvalue weighted by atomic mass is 10.1. The molecule has 0 bridgehead atoms. The summed E-state index contributed by atoms with van der Waals surface area (Å²) < 4.78 is 0. The van der Waals surface area contributed by atoms with Gasteiger partial charge in [0.05, 0.1) is 0 Å². The van der Waals surface area contributed by atoms with Crippen LogP contribution in [0.2, 0.25) is 0 Å². The van der Waals surface area contributed by atoms with Crippen molar-refractivity contribution in [3.8, 4) is 5.75 Å². The van der Waals surface area contributed by atoms with Crippen LogP contribution in [0.3, 0.4) is 0 Å². The average Bonchev–Trinajstić information content (AvgIpc) is 2.18. The number of nitrogens with one attached hydrogen (secondary N) is 1. The van der Waals surface area contributed by atoms with E-state index in [1.54, 1.807) is 25.1 Å². The zero-order valence-electron chi connectivity index (χ0n) is 8.95. The predicted molar refractivity (Wildman–Crippen MR) is 58.8 cm³/mol. The van der Waals surface area contributed by atoms with Gasteiger partial charge in [0.25, 0.3) is 5.91 Å². The zero-order chi connectivity index (χ0) is 11.4. The normalized spacial score (nSPS) is 12.2. The van der Waals surface area contributed by atoms with Gasteiger partial charge in [-0.3, -0.25) is 4.79 Å². The minimum Gasteiger partial charge on any atom is -0.508 e. The van der Waals surface area contributed by atoms with Gasteiger partial charge in [-0.2, -0.15) is 0 Å². The molecule has 0 spiro atoms. The number of carbonyl (C=O) groups is 1. The number of phenols is 1. The third-order valence-electron chi connectivity index (χ3n) is 2.13. The molecule has 1 rings (SSSR count). The smallest absolute Gasteiger partial charge is 0.251 e. The fourth-order valence-corrected chi connectivity index (χ4v) is 1.22. The standard InChI is InChI=1S/C11H16N2O2/c1-7(12)6-13-11(15)9-4-3-5-10(14)8(9)2/h3-5,7,14H,6,12H2,1-2H3,(H,13,15). The molecule has 0 fully saturated rings. The van der Waals surface area contributed by atoms with Gasteiger partial charge in [0.1, 0.15) is 5.75 Å². The van der Waals surface area contributed by atoms with E-state index >= 15 is 0 Å². The summed E-state index contributed by atoms with van der Waals surface area (Å²) in [7, 11) is 0. The van der Waals surface area contributed by atoms with Crippen molar-refractivity contribution in [2.24, 2.45) is 5.73 Å². The molecule has 0 radical (unpaired) electrons. The van der Waals surface area contributed by atoms with Crippen LogP contribution in [0.4, 0.5) is 0 Å². The molecule has 1 aromatic rings. The summed E-state index contributed by atoms with van der Waals surface area (Å²) in [6.45, 7) is 3.94. The quantitative estimate of drug-likeness (QED) is 0.687. The second kappa shape index (κ2) is 4.79. The molecule has 0 saturated heterocycles. The van der Waals surface area contributed by atoms with Gasteiger partial charge in [-0.1, -0.05) is 6.07 Å². The number of carbonyl (C=O) groups excluding carboxylic acids is 1. The van der Waals surface area contributed by atoms with Crippen molar-refractivity contribution in [2.45, 2.75) is 19.9 Å². The van der Waals surface area contributed by atoms with E-state index < -0.39 is 0 Å². The van der Waals surface area contributed by atoms with Crippen molar-refractivity contribution in [2.75, 3.05) is 6.54 Å². The second-order valence-corrected chi connectivity index (χ2v) is 3.64. The number of hydrogen-bond acceptors (Lipinski definition) is 3. The Morgan fingerprint density at radius 1 is 1.60 bits per heavy atom. The zero-order valence-corrected chi connectivity index (χ0v) is 8.95. The summed E-state index contributed by atoms with van der Waals surface area (Å²) in [6, 6.07) is 4.79. The van der Waals surface area contributed by atoms with Gasteiger partial charge in [-0.05, 0) is 26.0 Å². The summed E-state index contributed by atoms with van der Waals surface area (Å²) in [4.78, 5) is 11.6. The van der Waals surface area contributed by atoms with Crippen molar-refractivity contribution in [3.05, 3.63) is 29.3 Å². The molecule has 4 N–H and O–H groups in total. The van der Waals surface area contributed by atoms with E-state index in [-0.39, 0.29) is 17.7 Å². The monoisotopic (exact) mass is 208 g/mol. The van der Waals surface area contributed by atoms with Crippen LogP contribution in [0.5, 0.6) is 5.75 Å². The number of phenolic OH excluding ortho intramolecular Hbond substituents is 1. The number of nitrogens with two attached hydrogens (primary N) is 1. The summed E-state index contributed by atoms with van der Waals surface area (Å²) in [5, 5.41) is 12.1.